The van der Waals surface area contributed by atoms with Crippen LogP contribution < -0.4 is 25.7 Å². The molecular weight excluding hydrogens is 496 g/mol. The summed E-state index contributed by atoms with van der Waals surface area (Å²) in [5.74, 6) is 0. The zero-order valence-corrected chi connectivity index (χ0v) is 24.5. The number of rotatable bonds is 8. The Morgan fingerprint density at radius 2 is 0.947 bits per heavy atom. The van der Waals surface area contributed by atoms with Crippen molar-refractivity contribution in [1.82, 2.24) is 0 Å². The standard InChI is InChI=1S/C35H35NP2/c1-5-30-18-14-17-29(4)35(30)36(37(31-19-8-6-9-20-31)33-23-12-15-27(2)25-33)38(32-21-10-7-11-22-32)34-24-13-16-28(3)26-34/h6-26H,5H2,1-4H3. The number of aryl methyl sites for hydroxylation is 4. The Kier molecular flexibility index (Phi) is 8.38. The van der Waals surface area contributed by atoms with Crippen LogP contribution in [-0.2, 0) is 6.42 Å². The molecule has 0 aromatic heterocycles. The van der Waals surface area contributed by atoms with Crippen LogP contribution in [0.5, 0.6) is 0 Å². The summed E-state index contributed by atoms with van der Waals surface area (Å²) in [5.41, 5.74) is 6.70. The predicted molar refractivity (Wildman–Crippen MR) is 171 cm³/mol. The highest BCUT2D eigenvalue weighted by Gasteiger charge is 2.34. The van der Waals surface area contributed by atoms with E-state index in [9.17, 15) is 0 Å². The lowest BCUT2D eigenvalue weighted by molar-refractivity contribution is 1.13. The van der Waals surface area contributed by atoms with Crippen LogP contribution in [0.15, 0.2) is 127 Å². The lowest BCUT2D eigenvalue weighted by Gasteiger charge is -2.42. The third kappa shape index (κ3) is 5.61. The summed E-state index contributed by atoms with van der Waals surface area (Å²) in [6.07, 6.45) is 0.991. The Bertz CT molecular complexity index is 1410. The smallest absolute Gasteiger partial charge is 0.0591 e. The number of nitrogens with zero attached hydrogens (tertiary/aromatic N) is 1. The fourth-order valence-electron chi connectivity index (χ4n) is 4.97. The van der Waals surface area contributed by atoms with E-state index in [1.807, 2.05) is 0 Å². The highest BCUT2D eigenvalue weighted by Crippen LogP contribution is 2.58. The van der Waals surface area contributed by atoms with Crippen molar-refractivity contribution in [3.05, 3.63) is 150 Å². The van der Waals surface area contributed by atoms with Gasteiger partial charge in [-0.1, -0.05) is 133 Å². The summed E-state index contributed by atoms with van der Waals surface area (Å²) in [6.45, 7) is 8.98. The van der Waals surface area contributed by atoms with E-state index in [0.29, 0.717) is 0 Å². The molecule has 0 N–H and O–H groups in total. The zero-order valence-electron chi connectivity index (χ0n) is 22.7. The van der Waals surface area contributed by atoms with Crippen molar-refractivity contribution >= 4 is 43.1 Å². The van der Waals surface area contributed by atoms with Gasteiger partial charge in [0.2, 0.25) is 0 Å². The topological polar surface area (TPSA) is 3.24 Å². The molecule has 0 heterocycles. The van der Waals surface area contributed by atoms with Crippen molar-refractivity contribution in [2.24, 2.45) is 0 Å². The number of anilines is 1. The molecule has 0 aliphatic carbocycles. The quantitative estimate of drug-likeness (QED) is 0.183. The van der Waals surface area contributed by atoms with E-state index in [1.54, 1.807) is 0 Å². The summed E-state index contributed by atoms with van der Waals surface area (Å²) < 4.78 is 2.83. The maximum atomic E-state index is 2.83. The Morgan fingerprint density at radius 3 is 1.39 bits per heavy atom. The first kappa shape index (κ1) is 26.4. The van der Waals surface area contributed by atoms with Gasteiger partial charge in [-0.15, -0.1) is 0 Å². The van der Waals surface area contributed by atoms with Crippen LogP contribution in [-0.4, -0.2) is 0 Å². The molecule has 0 aliphatic rings. The second kappa shape index (κ2) is 12.1. The highest BCUT2D eigenvalue weighted by atomic mass is 31.2. The Labute approximate surface area is 230 Å². The third-order valence-electron chi connectivity index (χ3n) is 6.78. The molecule has 0 aliphatic heterocycles. The molecule has 5 rings (SSSR count). The minimum atomic E-state index is -0.879. The molecule has 3 heteroatoms. The van der Waals surface area contributed by atoms with Gasteiger partial charge in [-0.2, -0.15) is 0 Å². The van der Waals surface area contributed by atoms with Gasteiger partial charge in [-0.3, -0.25) is 0 Å². The molecule has 0 amide bonds. The Hall–Kier alpha value is -3.24. The highest BCUT2D eigenvalue weighted by molar-refractivity contribution is 7.90. The first-order valence-corrected chi connectivity index (χ1v) is 15.9. The van der Waals surface area contributed by atoms with Crippen molar-refractivity contribution in [1.29, 1.82) is 0 Å². The summed E-state index contributed by atoms with van der Waals surface area (Å²) in [6, 6.07) is 47.4. The van der Waals surface area contributed by atoms with Crippen LogP contribution in [0.1, 0.15) is 29.2 Å². The molecule has 0 fully saturated rings. The van der Waals surface area contributed by atoms with E-state index in [1.165, 1.54) is 49.2 Å². The Morgan fingerprint density at radius 1 is 0.500 bits per heavy atom. The molecule has 0 saturated heterocycles. The fourth-order valence-corrected chi connectivity index (χ4v) is 11.4. The summed E-state index contributed by atoms with van der Waals surface area (Å²) in [5, 5.41) is 5.50. The molecule has 5 aromatic rings. The van der Waals surface area contributed by atoms with Crippen molar-refractivity contribution in [3.63, 3.8) is 0 Å². The molecule has 0 spiro atoms. The van der Waals surface area contributed by atoms with E-state index < -0.39 is 16.1 Å². The van der Waals surface area contributed by atoms with Gasteiger partial charge in [0, 0.05) is 21.2 Å². The molecule has 38 heavy (non-hydrogen) atoms. The minimum absolute atomic E-state index is 0.879. The summed E-state index contributed by atoms with van der Waals surface area (Å²) in [4.78, 5) is 0. The van der Waals surface area contributed by atoms with Gasteiger partial charge in [-0.25, -0.2) is 0 Å². The normalized spacial score (nSPS) is 12.6. The summed E-state index contributed by atoms with van der Waals surface area (Å²) in [7, 11) is -1.76. The van der Waals surface area contributed by atoms with Crippen LogP contribution in [0.3, 0.4) is 0 Å². The van der Waals surface area contributed by atoms with E-state index in [4.69, 9.17) is 0 Å². The van der Waals surface area contributed by atoms with Crippen LogP contribution in [0.4, 0.5) is 5.69 Å². The van der Waals surface area contributed by atoms with Crippen molar-refractivity contribution < 1.29 is 0 Å². The SMILES string of the molecule is CCc1cccc(C)c1N(P(c1ccccc1)c1cccc(C)c1)P(c1ccccc1)c1cccc(C)c1. The van der Waals surface area contributed by atoms with Gasteiger partial charge in [0.25, 0.3) is 0 Å². The number of para-hydroxylation sites is 1. The van der Waals surface area contributed by atoms with Gasteiger partial charge in [0.1, 0.15) is 0 Å². The molecule has 5 aromatic carbocycles. The number of hydrogen-bond donors (Lipinski definition) is 0. The average molecular weight is 532 g/mol. The van der Waals surface area contributed by atoms with Gasteiger partial charge < -0.3 is 4.44 Å². The van der Waals surface area contributed by atoms with Crippen LogP contribution >= 0.6 is 16.1 Å². The third-order valence-corrected chi connectivity index (χ3v) is 12.1. The van der Waals surface area contributed by atoms with Crippen molar-refractivity contribution in [3.8, 4) is 0 Å². The first-order chi connectivity index (χ1) is 18.6. The van der Waals surface area contributed by atoms with E-state index in [0.717, 1.165) is 6.42 Å². The molecule has 190 valence electrons. The molecule has 0 bridgehead atoms. The maximum absolute atomic E-state index is 2.83. The lowest BCUT2D eigenvalue weighted by Crippen LogP contribution is -2.33. The molecule has 2 atom stereocenters. The largest absolute Gasteiger partial charge is 0.312 e. The van der Waals surface area contributed by atoms with Crippen molar-refractivity contribution in [2.75, 3.05) is 4.44 Å². The van der Waals surface area contributed by atoms with Gasteiger partial charge >= 0.3 is 0 Å². The van der Waals surface area contributed by atoms with Gasteiger partial charge in [0.15, 0.2) is 0 Å². The lowest BCUT2D eigenvalue weighted by atomic mass is 10.1. The summed E-state index contributed by atoms with van der Waals surface area (Å²) >= 11 is 0. The van der Waals surface area contributed by atoms with E-state index >= 15 is 0 Å². The monoisotopic (exact) mass is 531 g/mol. The molecule has 0 radical (unpaired) electrons. The Balaban J connectivity index is 1.89. The van der Waals surface area contributed by atoms with Crippen LogP contribution in [0, 0.1) is 20.8 Å². The zero-order chi connectivity index (χ0) is 26.5. The first-order valence-electron chi connectivity index (χ1n) is 13.3. The molecule has 2 unspecified atom stereocenters. The molecule has 1 nitrogen and oxygen atoms in total. The number of benzene rings is 5. The number of hydrogen-bond acceptors (Lipinski definition) is 1. The van der Waals surface area contributed by atoms with Crippen LogP contribution in [0.2, 0.25) is 0 Å². The molecular formula is C35H35NP2. The second-order valence-electron chi connectivity index (χ2n) is 9.70. The minimum Gasteiger partial charge on any atom is -0.312 e. The molecule has 0 saturated carbocycles. The van der Waals surface area contributed by atoms with E-state index in [2.05, 4.69) is 160 Å². The predicted octanol–water partition coefficient (Wildman–Crippen LogP) is 8.08. The van der Waals surface area contributed by atoms with Gasteiger partial charge in [0.05, 0.1) is 21.8 Å². The average Bonchev–Trinajstić information content (AvgIpc) is 2.94. The van der Waals surface area contributed by atoms with E-state index in [-0.39, 0.29) is 0 Å². The maximum Gasteiger partial charge on any atom is 0.0591 e. The fraction of sp³-hybridized carbons (Fsp3) is 0.143. The second-order valence-corrected chi connectivity index (χ2v) is 14.1. The van der Waals surface area contributed by atoms with Gasteiger partial charge in [-0.05, 0) is 50.5 Å². The van der Waals surface area contributed by atoms with Crippen molar-refractivity contribution in [2.45, 2.75) is 34.1 Å². The van der Waals surface area contributed by atoms with Crippen LogP contribution in [0.25, 0.3) is 0 Å².